The van der Waals surface area contributed by atoms with Gasteiger partial charge in [0.1, 0.15) is 11.5 Å². The van der Waals surface area contributed by atoms with Gasteiger partial charge in [-0.1, -0.05) is 0 Å². The second-order valence-corrected chi connectivity index (χ2v) is 5.38. The summed E-state index contributed by atoms with van der Waals surface area (Å²) in [4.78, 5) is 0. The first kappa shape index (κ1) is 15.0. The van der Waals surface area contributed by atoms with Gasteiger partial charge in [-0.2, -0.15) is 0 Å². The molecule has 0 atom stereocenters. The van der Waals surface area contributed by atoms with E-state index in [-0.39, 0.29) is 19.0 Å². The predicted octanol–water partition coefficient (Wildman–Crippen LogP) is 3.57. The first-order valence-corrected chi connectivity index (χ1v) is 7.26. The van der Waals surface area contributed by atoms with Gasteiger partial charge in [-0.15, -0.1) is 0 Å². The number of benzene rings is 1. The lowest BCUT2D eigenvalue weighted by molar-refractivity contribution is 0.167. The number of phosphoric acid groups is 1. The maximum absolute atomic E-state index is 12.2. The van der Waals surface area contributed by atoms with Crippen molar-refractivity contribution in [2.24, 2.45) is 0 Å². The molecule has 0 aliphatic heterocycles. The van der Waals surface area contributed by atoms with Crippen LogP contribution >= 0.6 is 7.82 Å². The molecule has 0 aliphatic carbocycles. The zero-order chi connectivity index (χ0) is 13.8. The smallest absolute Gasteiger partial charge is 0.508 e. The van der Waals surface area contributed by atoms with E-state index >= 15 is 0 Å². The Morgan fingerprint density at radius 1 is 1.11 bits per heavy atom. The van der Waals surface area contributed by atoms with Crippen molar-refractivity contribution in [3.8, 4) is 11.5 Å². The summed E-state index contributed by atoms with van der Waals surface area (Å²) in [5, 5.41) is 9.44. The van der Waals surface area contributed by atoms with Crippen LogP contribution in [-0.4, -0.2) is 18.3 Å². The zero-order valence-corrected chi connectivity index (χ0v) is 12.0. The van der Waals surface area contributed by atoms with Crippen molar-refractivity contribution in [3.63, 3.8) is 0 Å². The number of phenols is 1. The lowest BCUT2D eigenvalue weighted by Crippen LogP contribution is -2.04. The third-order valence-electron chi connectivity index (χ3n) is 2.22. The normalized spacial score (nSPS) is 11.6. The van der Waals surface area contributed by atoms with Crippen molar-refractivity contribution in [1.29, 1.82) is 0 Å². The number of aromatic hydroxyl groups is 1. The molecule has 1 aromatic carbocycles. The molecular weight excluding hydrogens is 255 g/mol. The summed E-state index contributed by atoms with van der Waals surface area (Å²) in [7, 11) is -3.59. The molecule has 6 heteroatoms. The Kier molecular flexibility index (Phi) is 5.20. The third kappa shape index (κ3) is 3.73. The van der Waals surface area contributed by atoms with Crippen LogP contribution in [0, 0.1) is 13.8 Å². The second kappa shape index (κ2) is 6.23. The van der Waals surface area contributed by atoms with Crippen LogP contribution in [0.15, 0.2) is 12.1 Å². The summed E-state index contributed by atoms with van der Waals surface area (Å²) in [6.45, 7) is 7.40. The first-order chi connectivity index (χ1) is 8.41. The van der Waals surface area contributed by atoms with E-state index in [2.05, 4.69) is 0 Å². The Morgan fingerprint density at radius 3 is 1.94 bits per heavy atom. The lowest BCUT2D eigenvalue weighted by atomic mass is 10.1. The number of phosphoric ester groups is 1. The first-order valence-electron chi connectivity index (χ1n) is 5.80. The van der Waals surface area contributed by atoms with Crippen molar-refractivity contribution in [1.82, 2.24) is 0 Å². The van der Waals surface area contributed by atoms with Crippen LogP contribution in [-0.2, 0) is 13.6 Å². The van der Waals surface area contributed by atoms with Gasteiger partial charge in [0.2, 0.25) is 0 Å². The van der Waals surface area contributed by atoms with Gasteiger partial charge in [0.05, 0.1) is 13.2 Å². The van der Waals surface area contributed by atoms with Gasteiger partial charge >= 0.3 is 7.82 Å². The molecule has 0 aromatic heterocycles. The molecular formula is C12H19O5P. The molecule has 0 unspecified atom stereocenters. The summed E-state index contributed by atoms with van der Waals surface area (Å²) in [5.74, 6) is 0.554. The van der Waals surface area contributed by atoms with Crippen molar-refractivity contribution in [3.05, 3.63) is 23.3 Å². The molecule has 0 saturated heterocycles. The van der Waals surface area contributed by atoms with Crippen LogP contribution < -0.4 is 4.52 Å². The Bertz CT molecular complexity index is 425. The van der Waals surface area contributed by atoms with Gasteiger partial charge in [0, 0.05) is 0 Å². The summed E-state index contributed by atoms with van der Waals surface area (Å²) in [6, 6.07) is 3.06. The summed E-state index contributed by atoms with van der Waals surface area (Å²) in [6.07, 6.45) is 0. The SMILES string of the molecule is CCOP(=O)(OCC)Oc1c(C)cc(O)cc1C. The Hall–Kier alpha value is -1.03. The minimum absolute atomic E-state index is 0.139. The highest BCUT2D eigenvalue weighted by molar-refractivity contribution is 7.48. The van der Waals surface area contributed by atoms with E-state index in [0.29, 0.717) is 16.9 Å². The van der Waals surface area contributed by atoms with Crippen LogP contribution in [0.5, 0.6) is 11.5 Å². The van der Waals surface area contributed by atoms with Gasteiger partial charge in [-0.05, 0) is 51.0 Å². The minimum atomic E-state index is -3.59. The van der Waals surface area contributed by atoms with Crippen molar-refractivity contribution < 1.29 is 23.2 Å². The molecule has 0 spiro atoms. The molecule has 102 valence electrons. The van der Waals surface area contributed by atoms with Gasteiger partial charge < -0.3 is 9.63 Å². The zero-order valence-electron chi connectivity index (χ0n) is 11.1. The molecule has 1 rings (SSSR count). The van der Waals surface area contributed by atoms with Crippen LogP contribution in [0.4, 0.5) is 0 Å². The van der Waals surface area contributed by atoms with Gasteiger partial charge in [-0.3, -0.25) is 9.05 Å². The maximum Gasteiger partial charge on any atom is 0.530 e. The maximum atomic E-state index is 12.2. The van der Waals surface area contributed by atoms with Crippen LogP contribution in [0.1, 0.15) is 25.0 Å². The van der Waals surface area contributed by atoms with E-state index in [1.54, 1.807) is 27.7 Å². The largest absolute Gasteiger partial charge is 0.530 e. The molecule has 0 saturated carbocycles. The van der Waals surface area contributed by atoms with E-state index in [9.17, 15) is 9.67 Å². The van der Waals surface area contributed by atoms with Crippen LogP contribution in [0.25, 0.3) is 0 Å². The number of rotatable bonds is 6. The monoisotopic (exact) mass is 274 g/mol. The fraction of sp³-hybridized carbons (Fsp3) is 0.500. The minimum Gasteiger partial charge on any atom is -0.508 e. The molecule has 0 bridgehead atoms. The van der Waals surface area contributed by atoms with E-state index in [4.69, 9.17) is 13.6 Å². The average molecular weight is 274 g/mol. The molecule has 0 fully saturated rings. The molecule has 1 N–H and O–H groups in total. The topological polar surface area (TPSA) is 65.0 Å². The van der Waals surface area contributed by atoms with E-state index in [1.165, 1.54) is 12.1 Å². The van der Waals surface area contributed by atoms with Gasteiger partial charge in [-0.25, -0.2) is 4.57 Å². The predicted molar refractivity (Wildman–Crippen MR) is 69.1 cm³/mol. The summed E-state index contributed by atoms with van der Waals surface area (Å²) in [5.41, 5.74) is 1.35. The van der Waals surface area contributed by atoms with Crippen LogP contribution in [0.2, 0.25) is 0 Å². The van der Waals surface area contributed by atoms with E-state index in [0.717, 1.165) is 0 Å². The molecule has 0 heterocycles. The van der Waals surface area contributed by atoms with Crippen LogP contribution in [0.3, 0.4) is 0 Å². The summed E-state index contributed by atoms with van der Waals surface area (Å²) >= 11 is 0. The third-order valence-corrected chi connectivity index (χ3v) is 3.78. The highest BCUT2D eigenvalue weighted by Crippen LogP contribution is 2.51. The van der Waals surface area contributed by atoms with E-state index < -0.39 is 7.82 Å². The van der Waals surface area contributed by atoms with Crippen molar-refractivity contribution >= 4 is 7.82 Å². The number of aryl methyl sites for hydroxylation is 2. The fourth-order valence-corrected chi connectivity index (χ4v) is 2.91. The highest BCUT2D eigenvalue weighted by Gasteiger charge is 2.28. The molecule has 1 aromatic rings. The highest BCUT2D eigenvalue weighted by atomic mass is 31.2. The number of hydrogen-bond donors (Lipinski definition) is 1. The fourth-order valence-electron chi connectivity index (χ4n) is 1.59. The van der Waals surface area contributed by atoms with Gasteiger partial charge in [0.15, 0.2) is 0 Å². The Labute approximate surface area is 107 Å². The second-order valence-electron chi connectivity index (χ2n) is 3.78. The number of hydrogen-bond acceptors (Lipinski definition) is 5. The molecule has 0 radical (unpaired) electrons. The Morgan fingerprint density at radius 2 is 1.56 bits per heavy atom. The molecule has 0 amide bonds. The molecule has 0 aliphatic rings. The number of phenolic OH excluding ortho intramolecular Hbond substituents is 1. The lowest BCUT2D eigenvalue weighted by Gasteiger charge is -2.19. The molecule has 5 nitrogen and oxygen atoms in total. The van der Waals surface area contributed by atoms with Gasteiger partial charge in [0.25, 0.3) is 0 Å². The Balaban J connectivity index is 3.04. The average Bonchev–Trinajstić information content (AvgIpc) is 2.24. The van der Waals surface area contributed by atoms with Crippen molar-refractivity contribution in [2.45, 2.75) is 27.7 Å². The summed E-state index contributed by atoms with van der Waals surface area (Å²) < 4.78 is 27.8. The van der Waals surface area contributed by atoms with E-state index in [1.807, 2.05) is 0 Å². The molecule has 18 heavy (non-hydrogen) atoms. The van der Waals surface area contributed by atoms with Crippen molar-refractivity contribution in [2.75, 3.05) is 13.2 Å². The quantitative estimate of drug-likeness (QED) is 0.803. The standard InChI is InChI=1S/C12H19O5P/c1-5-15-18(14,16-6-2)17-12-9(3)7-11(13)8-10(12)4/h7-8,13H,5-6H2,1-4H3.